The topological polar surface area (TPSA) is 30.7 Å². The Kier molecular flexibility index (Phi) is 3.09. The number of fused-ring (bicyclic) bond motifs is 2. The summed E-state index contributed by atoms with van der Waals surface area (Å²) in [4.78, 5) is 4.43. The molecule has 4 aromatic rings. The van der Waals surface area contributed by atoms with E-state index in [0.29, 0.717) is 5.56 Å². The van der Waals surface area contributed by atoms with Gasteiger partial charge >= 0.3 is 6.18 Å². The number of rotatable bonds is 1. The van der Waals surface area contributed by atoms with Crippen molar-refractivity contribution >= 4 is 21.8 Å². The Bertz CT molecular complexity index is 1060. The fraction of sp³-hybridized carbons (Fsp3) is 0.111. The van der Waals surface area contributed by atoms with E-state index in [0.717, 1.165) is 16.8 Å². The van der Waals surface area contributed by atoms with Gasteiger partial charge in [-0.2, -0.15) is 18.3 Å². The molecule has 0 fully saturated rings. The standard InChI is InChI=1S/C18H12F3N3/c1-24-17-14(10-22-24)15(18(19,20)21)9-16(23-17)13-8-4-6-11-5-2-3-7-12(11)13/h2-10H,1H3. The molecular formula is C18H12F3N3. The maximum atomic E-state index is 13.5. The van der Waals surface area contributed by atoms with Crippen LogP contribution in [0.2, 0.25) is 0 Å². The van der Waals surface area contributed by atoms with Crippen LogP contribution >= 0.6 is 0 Å². The van der Waals surface area contributed by atoms with Crippen molar-refractivity contribution in [3.63, 3.8) is 0 Å². The summed E-state index contributed by atoms with van der Waals surface area (Å²) in [6, 6.07) is 14.2. The SMILES string of the molecule is Cn1ncc2c(C(F)(F)F)cc(-c3cccc4ccccc34)nc21. The number of pyridine rings is 1. The molecule has 0 radical (unpaired) electrons. The highest BCUT2D eigenvalue weighted by molar-refractivity contribution is 5.97. The molecule has 4 rings (SSSR count). The second-order valence-electron chi connectivity index (χ2n) is 5.58. The van der Waals surface area contributed by atoms with Gasteiger partial charge in [0.1, 0.15) is 0 Å². The van der Waals surface area contributed by atoms with Crippen LogP contribution in [0, 0.1) is 0 Å². The van der Waals surface area contributed by atoms with Crippen LogP contribution in [0.4, 0.5) is 13.2 Å². The third-order valence-corrected chi connectivity index (χ3v) is 4.08. The van der Waals surface area contributed by atoms with Crippen molar-refractivity contribution in [1.29, 1.82) is 0 Å². The maximum absolute atomic E-state index is 13.5. The van der Waals surface area contributed by atoms with E-state index in [4.69, 9.17) is 0 Å². The molecule has 0 aliphatic carbocycles. The largest absolute Gasteiger partial charge is 0.417 e. The number of nitrogens with zero attached hydrogens (tertiary/aromatic N) is 3. The smallest absolute Gasteiger partial charge is 0.250 e. The van der Waals surface area contributed by atoms with E-state index in [9.17, 15) is 13.2 Å². The van der Waals surface area contributed by atoms with Gasteiger partial charge in [0.05, 0.1) is 22.8 Å². The van der Waals surface area contributed by atoms with E-state index in [1.807, 2.05) is 36.4 Å². The first-order chi connectivity index (χ1) is 11.4. The number of hydrogen-bond donors (Lipinski definition) is 0. The Hall–Kier alpha value is -2.89. The summed E-state index contributed by atoms with van der Waals surface area (Å²) in [5.74, 6) is 0. The summed E-state index contributed by atoms with van der Waals surface area (Å²) in [5, 5.41) is 5.75. The lowest BCUT2D eigenvalue weighted by Gasteiger charge is -2.12. The van der Waals surface area contributed by atoms with Gasteiger partial charge < -0.3 is 0 Å². The molecule has 0 aliphatic heterocycles. The Labute approximate surface area is 135 Å². The van der Waals surface area contributed by atoms with Gasteiger partial charge in [-0.25, -0.2) is 4.98 Å². The van der Waals surface area contributed by atoms with Gasteiger partial charge in [0.25, 0.3) is 0 Å². The first-order valence-electron chi connectivity index (χ1n) is 7.33. The van der Waals surface area contributed by atoms with Crippen LogP contribution in [0.3, 0.4) is 0 Å². The summed E-state index contributed by atoms with van der Waals surface area (Å²) in [6.45, 7) is 0. The fourth-order valence-electron chi connectivity index (χ4n) is 2.94. The van der Waals surface area contributed by atoms with Crippen LogP contribution in [0.5, 0.6) is 0 Å². The molecule has 6 heteroatoms. The molecule has 0 bridgehead atoms. The minimum atomic E-state index is -4.47. The van der Waals surface area contributed by atoms with Crippen molar-refractivity contribution in [3.05, 3.63) is 60.3 Å². The van der Waals surface area contributed by atoms with E-state index in [1.54, 1.807) is 13.1 Å². The summed E-state index contributed by atoms with van der Waals surface area (Å²) >= 11 is 0. The zero-order valence-electron chi connectivity index (χ0n) is 12.7. The summed E-state index contributed by atoms with van der Waals surface area (Å²) in [5.41, 5.74) is 0.452. The molecule has 0 unspecified atom stereocenters. The van der Waals surface area contributed by atoms with E-state index in [2.05, 4.69) is 10.1 Å². The third-order valence-electron chi connectivity index (χ3n) is 4.08. The molecule has 2 aromatic heterocycles. The number of aromatic nitrogens is 3. The Morgan fingerprint density at radius 2 is 1.71 bits per heavy atom. The predicted octanol–water partition coefficient (Wildman–Crippen LogP) is 4.81. The molecular weight excluding hydrogens is 315 g/mol. The molecule has 0 amide bonds. The number of alkyl halides is 3. The van der Waals surface area contributed by atoms with Gasteiger partial charge in [0.2, 0.25) is 0 Å². The van der Waals surface area contributed by atoms with Gasteiger partial charge in [-0.15, -0.1) is 0 Å². The van der Waals surface area contributed by atoms with E-state index >= 15 is 0 Å². The summed E-state index contributed by atoms with van der Waals surface area (Å²) in [6.07, 6.45) is -3.26. The number of halogens is 3. The van der Waals surface area contributed by atoms with E-state index < -0.39 is 11.7 Å². The maximum Gasteiger partial charge on any atom is 0.417 e. The lowest BCUT2D eigenvalue weighted by atomic mass is 10.00. The Balaban J connectivity index is 2.08. The quantitative estimate of drug-likeness (QED) is 0.502. The molecule has 0 atom stereocenters. The van der Waals surface area contributed by atoms with Crippen LogP contribution in [-0.4, -0.2) is 14.8 Å². The summed E-state index contributed by atoms with van der Waals surface area (Å²) in [7, 11) is 1.59. The van der Waals surface area contributed by atoms with Gasteiger partial charge in [-0.3, -0.25) is 4.68 Å². The van der Waals surface area contributed by atoms with Crippen molar-refractivity contribution in [1.82, 2.24) is 14.8 Å². The zero-order chi connectivity index (χ0) is 16.9. The fourth-order valence-corrected chi connectivity index (χ4v) is 2.94. The van der Waals surface area contributed by atoms with Gasteiger partial charge in [0, 0.05) is 12.6 Å². The molecule has 0 spiro atoms. The molecule has 2 heterocycles. The van der Waals surface area contributed by atoms with Crippen molar-refractivity contribution in [2.75, 3.05) is 0 Å². The normalized spacial score (nSPS) is 12.2. The van der Waals surface area contributed by atoms with Gasteiger partial charge in [-0.05, 0) is 16.8 Å². The molecule has 0 N–H and O–H groups in total. The zero-order valence-corrected chi connectivity index (χ0v) is 12.7. The number of aryl methyl sites for hydroxylation is 1. The van der Waals surface area contributed by atoms with Crippen LogP contribution in [0.1, 0.15) is 5.56 Å². The van der Waals surface area contributed by atoms with Crippen molar-refractivity contribution in [2.24, 2.45) is 7.05 Å². The minimum absolute atomic E-state index is 0.00832. The second kappa shape index (κ2) is 5.06. The number of benzene rings is 2. The average molecular weight is 327 g/mol. The molecule has 3 nitrogen and oxygen atoms in total. The molecule has 0 saturated heterocycles. The van der Waals surface area contributed by atoms with Crippen molar-refractivity contribution in [2.45, 2.75) is 6.18 Å². The average Bonchev–Trinajstić information content (AvgIpc) is 2.94. The number of hydrogen-bond acceptors (Lipinski definition) is 2. The van der Waals surface area contributed by atoms with E-state index in [1.165, 1.54) is 10.9 Å². The van der Waals surface area contributed by atoms with E-state index in [-0.39, 0.29) is 16.7 Å². The molecule has 0 saturated carbocycles. The monoisotopic (exact) mass is 327 g/mol. The van der Waals surface area contributed by atoms with Gasteiger partial charge in [0.15, 0.2) is 5.65 Å². The lowest BCUT2D eigenvalue weighted by molar-refractivity contribution is -0.136. The highest BCUT2D eigenvalue weighted by Crippen LogP contribution is 2.37. The molecule has 2 aromatic carbocycles. The molecule has 0 aliphatic rings. The van der Waals surface area contributed by atoms with Crippen molar-refractivity contribution < 1.29 is 13.2 Å². The lowest BCUT2D eigenvalue weighted by Crippen LogP contribution is -2.07. The van der Waals surface area contributed by atoms with Crippen LogP contribution < -0.4 is 0 Å². The summed E-state index contributed by atoms with van der Waals surface area (Å²) < 4.78 is 41.8. The molecule has 120 valence electrons. The van der Waals surface area contributed by atoms with Crippen LogP contribution in [0.25, 0.3) is 33.1 Å². The van der Waals surface area contributed by atoms with Crippen LogP contribution in [0.15, 0.2) is 54.7 Å². The Morgan fingerprint density at radius 3 is 2.50 bits per heavy atom. The predicted molar refractivity (Wildman–Crippen MR) is 86.5 cm³/mol. The molecule has 24 heavy (non-hydrogen) atoms. The minimum Gasteiger partial charge on any atom is -0.250 e. The third kappa shape index (κ3) is 2.22. The second-order valence-corrected chi connectivity index (χ2v) is 5.58. The highest BCUT2D eigenvalue weighted by atomic mass is 19.4. The highest BCUT2D eigenvalue weighted by Gasteiger charge is 2.34. The van der Waals surface area contributed by atoms with Crippen LogP contribution in [-0.2, 0) is 13.2 Å². The first-order valence-corrected chi connectivity index (χ1v) is 7.33. The first kappa shape index (κ1) is 14.7. The van der Waals surface area contributed by atoms with Gasteiger partial charge in [-0.1, -0.05) is 42.5 Å². The Morgan fingerprint density at radius 1 is 0.958 bits per heavy atom. The van der Waals surface area contributed by atoms with Crippen molar-refractivity contribution in [3.8, 4) is 11.3 Å².